The van der Waals surface area contributed by atoms with Crippen molar-refractivity contribution in [3.63, 3.8) is 0 Å². The van der Waals surface area contributed by atoms with Gasteiger partial charge in [0.25, 0.3) is 5.69 Å². The minimum absolute atomic E-state index is 0. The van der Waals surface area contributed by atoms with E-state index in [1.165, 1.54) is 12.0 Å². The quantitative estimate of drug-likeness (QED) is 0.311. The van der Waals surface area contributed by atoms with Crippen LogP contribution in [0.25, 0.3) is 0 Å². The van der Waals surface area contributed by atoms with Gasteiger partial charge in [-0.1, -0.05) is 12.1 Å². The van der Waals surface area contributed by atoms with Gasteiger partial charge in [0.2, 0.25) is 0 Å². The molecule has 0 aliphatic heterocycles. The van der Waals surface area contributed by atoms with Crippen LogP contribution in [0.3, 0.4) is 0 Å². The lowest BCUT2D eigenvalue weighted by molar-refractivity contribution is -0.870. The fourth-order valence-electron chi connectivity index (χ4n) is 1.70. The van der Waals surface area contributed by atoms with Crippen molar-refractivity contribution >= 4 is 5.69 Å². The van der Waals surface area contributed by atoms with E-state index in [1.54, 1.807) is 12.1 Å². The van der Waals surface area contributed by atoms with Gasteiger partial charge in [0, 0.05) is 12.1 Å². The molecule has 0 atom stereocenters. The number of rotatable bonds is 6. The summed E-state index contributed by atoms with van der Waals surface area (Å²) in [6.07, 6.45) is 3.31. The van der Waals surface area contributed by atoms with E-state index < -0.39 is 0 Å². The number of hydrogen-bond donors (Lipinski definition) is 0. The average Bonchev–Trinajstić information content (AvgIpc) is 2.24. The molecule has 102 valence electrons. The van der Waals surface area contributed by atoms with Gasteiger partial charge in [-0.25, -0.2) is 0 Å². The molecule has 0 aliphatic rings. The molecule has 0 radical (unpaired) electrons. The van der Waals surface area contributed by atoms with Gasteiger partial charge >= 0.3 is 0 Å². The summed E-state index contributed by atoms with van der Waals surface area (Å²) in [5.41, 5.74) is 1.34. The number of non-ortho nitro benzene ring substituents is 1. The van der Waals surface area contributed by atoms with E-state index in [9.17, 15) is 10.1 Å². The van der Waals surface area contributed by atoms with Crippen LogP contribution in [0.15, 0.2) is 24.3 Å². The Morgan fingerprint density at radius 2 is 1.67 bits per heavy atom. The maximum Gasteiger partial charge on any atom is 0.269 e. The molecule has 0 heterocycles. The van der Waals surface area contributed by atoms with Crippen LogP contribution in [0, 0.1) is 10.1 Å². The van der Waals surface area contributed by atoms with Crippen LogP contribution < -0.4 is 17.0 Å². The van der Waals surface area contributed by atoms with Crippen molar-refractivity contribution in [3.8, 4) is 0 Å². The SMILES string of the molecule is C[N+](C)(C)CCCCc1ccc([N+](=O)[O-])cc1.[Br-]. The number of halogens is 1. The zero-order chi connectivity index (χ0) is 12.9. The Hall–Kier alpha value is -0.940. The lowest BCUT2D eigenvalue weighted by atomic mass is 10.1. The molecule has 0 amide bonds. The summed E-state index contributed by atoms with van der Waals surface area (Å²) in [7, 11) is 6.56. The van der Waals surface area contributed by atoms with Crippen molar-refractivity contribution in [2.24, 2.45) is 0 Å². The lowest BCUT2D eigenvalue weighted by Crippen LogP contribution is -3.00. The Labute approximate surface area is 119 Å². The summed E-state index contributed by atoms with van der Waals surface area (Å²) in [5.74, 6) is 0. The molecule has 0 aliphatic carbocycles. The fraction of sp³-hybridized carbons (Fsp3) is 0.538. The molecule has 4 nitrogen and oxygen atoms in total. The second-order valence-electron chi connectivity index (χ2n) is 5.39. The Morgan fingerprint density at radius 1 is 1.11 bits per heavy atom. The van der Waals surface area contributed by atoms with E-state index in [-0.39, 0.29) is 27.6 Å². The average molecular weight is 317 g/mol. The van der Waals surface area contributed by atoms with Gasteiger partial charge in [0.15, 0.2) is 0 Å². The third kappa shape index (κ3) is 6.71. The minimum Gasteiger partial charge on any atom is -1.00 e. The molecule has 0 fully saturated rings. The van der Waals surface area contributed by atoms with Gasteiger partial charge in [-0.2, -0.15) is 0 Å². The number of hydrogen-bond acceptors (Lipinski definition) is 2. The summed E-state index contributed by atoms with van der Waals surface area (Å²) in [6.45, 7) is 1.16. The monoisotopic (exact) mass is 316 g/mol. The number of benzene rings is 1. The maximum atomic E-state index is 10.5. The molecular weight excluding hydrogens is 296 g/mol. The predicted octanol–water partition coefficient (Wildman–Crippen LogP) is -0.372. The smallest absolute Gasteiger partial charge is 0.269 e. The number of aryl methyl sites for hydroxylation is 1. The van der Waals surface area contributed by atoms with E-state index >= 15 is 0 Å². The Morgan fingerprint density at radius 3 is 2.11 bits per heavy atom. The van der Waals surface area contributed by atoms with Crippen LogP contribution >= 0.6 is 0 Å². The molecule has 18 heavy (non-hydrogen) atoms. The van der Waals surface area contributed by atoms with Crippen molar-refractivity contribution in [1.29, 1.82) is 0 Å². The van der Waals surface area contributed by atoms with Crippen molar-refractivity contribution < 1.29 is 26.4 Å². The second-order valence-corrected chi connectivity index (χ2v) is 5.39. The first-order valence-corrected chi connectivity index (χ1v) is 5.92. The molecule has 1 aromatic rings. The lowest BCUT2D eigenvalue weighted by Gasteiger charge is -2.23. The first-order valence-electron chi connectivity index (χ1n) is 5.92. The van der Waals surface area contributed by atoms with E-state index in [1.807, 2.05) is 12.1 Å². The third-order valence-electron chi connectivity index (χ3n) is 2.69. The van der Waals surface area contributed by atoms with Crippen LogP contribution in [-0.4, -0.2) is 37.1 Å². The highest BCUT2D eigenvalue weighted by molar-refractivity contribution is 5.32. The van der Waals surface area contributed by atoms with Gasteiger partial charge in [-0.15, -0.1) is 0 Å². The van der Waals surface area contributed by atoms with E-state index in [0.29, 0.717) is 0 Å². The molecule has 0 N–H and O–H groups in total. The first-order chi connectivity index (χ1) is 7.88. The summed E-state index contributed by atoms with van der Waals surface area (Å²) < 4.78 is 0.986. The summed E-state index contributed by atoms with van der Waals surface area (Å²) in [5, 5.41) is 10.5. The molecular formula is C13H21BrN2O2. The predicted molar refractivity (Wildman–Crippen MR) is 68.9 cm³/mol. The summed E-state index contributed by atoms with van der Waals surface area (Å²) >= 11 is 0. The third-order valence-corrected chi connectivity index (χ3v) is 2.69. The molecule has 0 saturated carbocycles. The standard InChI is InChI=1S/C13H21N2O2.BrH/c1-15(2,3)11-5-4-6-12-7-9-13(10-8-12)14(16)17;/h7-10H,4-6,11H2,1-3H3;1H/q+1;/p-1. The van der Waals surface area contributed by atoms with Crippen LogP contribution in [0.5, 0.6) is 0 Å². The number of quaternary nitrogens is 1. The number of nitrogens with zero attached hydrogens (tertiary/aromatic N) is 2. The first kappa shape index (κ1) is 17.1. The van der Waals surface area contributed by atoms with Crippen molar-refractivity contribution in [3.05, 3.63) is 39.9 Å². The minimum atomic E-state index is -0.360. The van der Waals surface area contributed by atoms with E-state index in [4.69, 9.17) is 0 Å². The van der Waals surface area contributed by atoms with Gasteiger partial charge < -0.3 is 21.5 Å². The van der Waals surface area contributed by atoms with Gasteiger partial charge in [0.05, 0.1) is 32.6 Å². The number of unbranched alkanes of at least 4 members (excludes halogenated alkanes) is 1. The number of nitro benzene ring substituents is 1. The summed E-state index contributed by atoms with van der Waals surface area (Å²) in [4.78, 5) is 10.1. The maximum absolute atomic E-state index is 10.5. The highest BCUT2D eigenvalue weighted by atomic mass is 79.9. The molecule has 1 rings (SSSR count). The zero-order valence-electron chi connectivity index (χ0n) is 11.2. The molecule has 0 unspecified atom stereocenters. The Balaban J connectivity index is 0.00000289. The highest BCUT2D eigenvalue weighted by Crippen LogP contribution is 2.13. The van der Waals surface area contributed by atoms with Crippen LogP contribution in [0.4, 0.5) is 5.69 Å². The van der Waals surface area contributed by atoms with Gasteiger partial charge in [-0.3, -0.25) is 10.1 Å². The van der Waals surface area contributed by atoms with Crippen molar-refractivity contribution in [2.45, 2.75) is 19.3 Å². The van der Waals surface area contributed by atoms with Crippen molar-refractivity contribution in [2.75, 3.05) is 27.7 Å². The number of nitro groups is 1. The fourth-order valence-corrected chi connectivity index (χ4v) is 1.70. The van der Waals surface area contributed by atoms with Gasteiger partial charge in [0.1, 0.15) is 0 Å². The van der Waals surface area contributed by atoms with Crippen LogP contribution in [0.2, 0.25) is 0 Å². The highest BCUT2D eigenvalue weighted by Gasteiger charge is 2.06. The van der Waals surface area contributed by atoms with Gasteiger partial charge in [-0.05, 0) is 24.8 Å². The summed E-state index contributed by atoms with van der Waals surface area (Å²) in [6, 6.07) is 6.86. The molecule has 0 spiro atoms. The molecule has 5 heteroatoms. The van der Waals surface area contributed by atoms with E-state index in [2.05, 4.69) is 21.1 Å². The molecule has 0 bridgehead atoms. The van der Waals surface area contributed by atoms with Crippen LogP contribution in [0.1, 0.15) is 18.4 Å². The largest absolute Gasteiger partial charge is 1.00 e. The Kier molecular flexibility index (Phi) is 7.09. The second kappa shape index (κ2) is 7.48. The molecule has 0 saturated heterocycles. The van der Waals surface area contributed by atoms with E-state index in [0.717, 1.165) is 23.9 Å². The van der Waals surface area contributed by atoms with Crippen molar-refractivity contribution in [1.82, 2.24) is 0 Å². The topological polar surface area (TPSA) is 43.1 Å². The molecule has 0 aromatic heterocycles. The zero-order valence-corrected chi connectivity index (χ0v) is 12.8. The molecule has 1 aromatic carbocycles. The normalized spacial score (nSPS) is 10.8. The Bertz CT molecular complexity index is 372. The van der Waals surface area contributed by atoms with Crippen LogP contribution in [-0.2, 0) is 6.42 Å².